The van der Waals surface area contributed by atoms with Crippen molar-refractivity contribution in [2.24, 2.45) is 3.95 Å². The Hall–Kier alpha value is 0.690. The van der Waals surface area contributed by atoms with E-state index in [2.05, 4.69) is 18.8 Å². The molecule has 0 heterocycles. The van der Waals surface area contributed by atoms with Gasteiger partial charge in [0.1, 0.15) is 0 Å². The van der Waals surface area contributed by atoms with Crippen molar-refractivity contribution in [3.63, 3.8) is 0 Å². The SMILES string of the molecule is CCC(CC)I(C)N. The molecule has 0 fully saturated rings. The van der Waals surface area contributed by atoms with Crippen molar-refractivity contribution < 1.29 is 0 Å². The minimum atomic E-state index is -0.935. The molecule has 0 bridgehead atoms. The fourth-order valence-corrected chi connectivity index (χ4v) is 3.55. The normalized spacial score (nSPS) is 12.4. The van der Waals surface area contributed by atoms with Crippen molar-refractivity contribution in [2.75, 3.05) is 4.93 Å². The Morgan fingerprint density at radius 1 is 1.38 bits per heavy atom. The van der Waals surface area contributed by atoms with Gasteiger partial charge in [0.25, 0.3) is 0 Å². The Morgan fingerprint density at radius 2 is 1.75 bits per heavy atom. The van der Waals surface area contributed by atoms with Gasteiger partial charge in [-0.15, -0.1) is 0 Å². The minimum absolute atomic E-state index is 0.888. The van der Waals surface area contributed by atoms with Gasteiger partial charge in [0.15, 0.2) is 0 Å². The van der Waals surface area contributed by atoms with E-state index in [1.54, 1.807) is 0 Å². The summed E-state index contributed by atoms with van der Waals surface area (Å²) >= 11 is -0.935. The number of hydrogen-bond acceptors (Lipinski definition) is 1. The van der Waals surface area contributed by atoms with Crippen molar-refractivity contribution in [1.29, 1.82) is 0 Å². The number of alkyl halides is 2. The summed E-state index contributed by atoms with van der Waals surface area (Å²) in [4.78, 5) is 2.24. The predicted molar refractivity (Wildman–Crippen MR) is 48.5 cm³/mol. The molecule has 0 aliphatic rings. The van der Waals surface area contributed by atoms with Gasteiger partial charge in [-0.3, -0.25) is 0 Å². The van der Waals surface area contributed by atoms with Gasteiger partial charge < -0.3 is 0 Å². The molecule has 0 unspecified atom stereocenters. The fraction of sp³-hybridized carbons (Fsp3) is 1.00. The fourth-order valence-electron chi connectivity index (χ4n) is 0.775. The second kappa shape index (κ2) is 4.56. The monoisotopic (exact) mass is 229 g/mol. The first kappa shape index (κ1) is 8.69. The van der Waals surface area contributed by atoms with E-state index in [0.29, 0.717) is 0 Å². The number of rotatable bonds is 3. The summed E-state index contributed by atoms with van der Waals surface area (Å²) in [6, 6.07) is 0. The Morgan fingerprint density at radius 3 is 1.75 bits per heavy atom. The molecule has 0 rings (SSSR count). The molecule has 52 valence electrons. The van der Waals surface area contributed by atoms with Crippen LogP contribution in [0.5, 0.6) is 0 Å². The van der Waals surface area contributed by atoms with E-state index < -0.39 is 20.1 Å². The molecule has 0 aromatic rings. The van der Waals surface area contributed by atoms with Crippen LogP contribution in [0.1, 0.15) is 26.7 Å². The second-order valence-corrected chi connectivity index (χ2v) is 6.95. The molecule has 0 amide bonds. The molecule has 0 atom stereocenters. The van der Waals surface area contributed by atoms with E-state index in [1.807, 2.05) is 0 Å². The van der Waals surface area contributed by atoms with E-state index in [-0.39, 0.29) is 0 Å². The van der Waals surface area contributed by atoms with Crippen LogP contribution in [0.25, 0.3) is 0 Å². The zero-order chi connectivity index (χ0) is 6.57. The van der Waals surface area contributed by atoms with E-state index >= 15 is 0 Å². The summed E-state index contributed by atoms with van der Waals surface area (Å²) in [5.41, 5.74) is 0. The molecule has 0 aliphatic carbocycles. The third kappa shape index (κ3) is 2.87. The summed E-state index contributed by atoms with van der Waals surface area (Å²) in [6.07, 6.45) is 2.57. The first-order valence-corrected chi connectivity index (χ1v) is 7.69. The molecule has 2 N–H and O–H groups in total. The molecule has 8 heavy (non-hydrogen) atoms. The number of hydrogen-bond donors (Lipinski definition) is 1. The topological polar surface area (TPSA) is 26.0 Å². The Balaban J connectivity index is 3.35. The van der Waals surface area contributed by atoms with Gasteiger partial charge in [0.2, 0.25) is 0 Å². The van der Waals surface area contributed by atoms with Gasteiger partial charge in [0, 0.05) is 0 Å². The van der Waals surface area contributed by atoms with Crippen LogP contribution in [0.15, 0.2) is 0 Å². The Bertz CT molecular complexity index is 50.5. The van der Waals surface area contributed by atoms with Crippen LogP contribution in [-0.4, -0.2) is 8.86 Å². The van der Waals surface area contributed by atoms with Gasteiger partial charge >= 0.3 is 59.6 Å². The number of halogens is 1. The quantitative estimate of drug-likeness (QED) is 0.448. The maximum absolute atomic E-state index is 5.81. The first-order chi connectivity index (χ1) is 3.72. The van der Waals surface area contributed by atoms with Crippen LogP contribution in [0.3, 0.4) is 0 Å². The van der Waals surface area contributed by atoms with Crippen molar-refractivity contribution in [1.82, 2.24) is 0 Å². The van der Waals surface area contributed by atoms with Crippen LogP contribution < -0.4 is 3.95 Å². The van der Waals surface area contributed by atoms with E-state index in [9.17, 15) is 0 Å². The first-order valence-electron chi connectivity index (χ1n) is 3.05. The van der Waals surface area contributed by atoms with Gasteiger partial charge in [-0.1, -0.05) is 0 Å². The average Bonchev–Trinajstić information content (AvgIpc) is 1.69. The van der Waals surface area contributed by atoms with Crippen LogP contribution in [0.4, 0.5) is 0 Å². The molecule has 0 aliphatic heterocycles. The van der Waals surface area contributed by atoms with Crippen molar-refractivity contribution in [2.45, 2.75) is 30.6 Å². The zero-order valence-corrected chi connectivity index (χ0v) is 8.10. The van der Waals surface area contributed by atoms with Crippen molar-refractivity contribution in [3.05, 3.63) is 0 Å². The summed E-state index contributed by atoms with van der Waals surface area (Å²) < 4.78 is 6.70. The molecular weight excluding hydrogens is 213 g/mol. The van der Waals surface area contributed by atoms with E-state index in [4.69, 9.17) is 3.95 Å². The van der Waals surface area contributed by atoms with Crippen LogP contribution in [0.2, 0.25) is 0 Å². The van der Waals surface area contributed by atoms with Gasteiger partial charge in [-0.2, -0.15) is 0 Å². The standard InChI is InChI=1S/C6H16IN/c1-4-6(5-2)7(3)8/h6H,4-5,8H2,1-3H3. The maximum atomic E-state index is 5.81. The van der Waals surface area contributed by atoms with Crippen LogP contribution >= 0.6 is 20.1 Å². The molecule has 0 saturated carbocycles. The second-order valence-electron chi connectivity index (χ2n) is 1.98. The summed E-state index contributed by atoms with van der Waals surface area (Å²) in [6.45, 7) is 4.46. The van der Waals surface area contributed by atoms with Gasteiger partial charge in [-0.05, 0) is 0 Å². The molecule has 0 spiro atoms. The van der Waals surface area contributed by atoms with Crippen LogP contribution in [0, 0.1) is 0 Å². The third-order valence-corrected chi connectivity index (χ3v) is 5.91. The van der Waals surface area contributed by atoms with Crippen LogP contribution in [-0.2, 0) is 0 Å². The third-order valence-electron chi connectivity index (χ3n) is 1.37. The van der Waals surface area contributed by atoms with E-state index in [1.165, 1.54) is 12.8 Å². The molecule has 2 heteroatoms. The van der Waals surface area contributed by atoms with Gasteiger partial charge in [0.05, 0.1) is 0 Å². The van der Waals surface area contributed by atoms with Crippen molar-refractivity contribution in [3.8, 4) is 0 Å². The molecular formula is C6H16IN. The molecule has 1 nitrogen and oxygen atoms in total. The number of nitrogens with two attached hydrogens (primary N) is 1. The predicted octanol–water partition coefficient (Wildman–Crippen LogP) is 2.18. The average molecular weight is 229 g/mol. The zero-order valence-electron chi connectivity index (χ0n) is 5.95. The summed E-state index contributed by atoms with van der Waals surface area (Å²) in [7, 11) is 0. The Kier molecular flexibility index (Phi) is 4.95. The molecule has 0 radical (unpaired) electrons. The summed E-state index contributed by atoms with van der Waals surface area (Å²) in [5, 5.41) is 0. The molecule has 0 aromatic carbocycles. The summed E-state index contributed by atoms with van der Waals surface area (Å²) in [5.74, 6) is 0. The molecule has 0 saturated heterocycles. The van der Waals surface area contributed by atoms with E-state index in [0.717, 1.165) is 3.92 Å². The van der Waals surface area contributed by atoms with Gasteiger partial charge in [-0.25, -0.2) is 0 Å². The molecule has 0 aromatic heterocycles. The van der Waals surface area contributed by atoms with Crippen molar-refractivity contribution >= 4 is 20.1 Å². The Labute approximate surface area is 59.8 Å².